The van der Waals surface area contributed by atoms with E-state index >= 15 is 0 Å². The Bertz CT molecular complexity index is 987. The Morgan fingerprint density at radius 2 is 2.04 bits per heavy atom. The smallest absolute Gasteiger partial charge is 0.415 e. The lowest BCUT2D eigenvalue weighted by Crippen LogP contribution is -2.22. The maximum absolute atomic E-state index is 12.5. The Balaban J connectivity index is 1.66. The van der Waals surface area contributed by atoms with Crippen LogP contribution in [-0.4, -0.2) is 33.4 Å². The lowest BCUT2D eigenvalue weighted by Gasteiger charge is -2.28. The van der Waals surface area contributed by atoms with Crippen LogP contribution >= 0.6 is 0 Å². The number of rotatable bonds is 4. The number of fused-ring (bicyclic) bond motifs is 2. The molecule has 1 atom stereocenters. The first-order chi connectivity index (χ1) is 13.2. The minimum Gasteiger partial charge on any atom is -0.496 e. The van der Waals surface area contributed by atoms with Crippen molar-refractivity contribution in [2.24, 2.45) is 0 Å². The molecular weight excluding hydrogens is 350 g/mol. The molecular formula is C18H17N5O4. The number of hydrogen-bond donors (Lipinski definition) is 1. The summed E-state index contributed by atoms with van der Waals surface area (Å²) in [5.41, 5.74) is 1.36. The molecule has 27 heavy (non-hydrogen) atoms. The number of nitrogens with zero attached hydrogens (tertiary/aromatic N) is 4. The molecule has 1 N–H and O–H groups in total. The van der Waals surface area contributed by atoms with Gasteiger partial charge in [0.1, 0.15) is 17.2 Å². The van der Waals surface area contributed by atoms with E-state index in [1.807, 2.05) is 37.3 Å². The molecule has 9 nitrogen and oxygen atoms in total. The van der Waals surface area contributed by atoms with E-state index in [4.69, 9.17) is 14.2 Å². The van der Waals surface area contributed by atoms with Crippen molar-refractivity contribution >= 4 is 12.0 Å². The summed E-state index contributed by atoms with van der Waals surface area (Å²) in [6.45, 7) is 2.41. The molecule has 0 aliphatic carbocycles. The second-order valence-corrected chi connectivity index (χ2v) is 5.72. The van der Waals surface area contributed by atoms with Crippen LogP contribution in [0.2, 0.25) is 0 Å². The molecule has 1 amide bonds. The molecule has 2 aromatic carbocycles. The third kappa shape index (κ3) is 3.14. The number of tetrazole rings is 1. The number of carbonyl (C=O) groups is 1. The van der Waals surface area contributed by atoms with Crippen molar-refractivity contribution in [3.63, 3.8) is 0 Å². The Hall–Kier alpha value is -3.62. The van der Waals surface area contributed by atoms with Crippen LogP contribution < -0.4 is 14.8 Å². The largest absolute Gasteiger partial charge is 0.496 e. The van der Waals surface area contributed by atoms with Crippen molar-refractivity contribution in [1.82, 2.24) is 20.2 Å². The second-order valence-electron chi connectivity index (χ2n) is 5.72. The number of anilines is 1. The van der Waals surface area contributed by atoms with Gasteiger partial charge in [0.25, 0.3) is 5.95 Å². The fourth-order valence-electron chi connectivity index (χ4n) is 2.89. The molecule has 0 saturated heterocycles. The number of benzene rings is 2. The highest BCUT2D eigenvalue weighted by molar-refractivity contribution is 5.82. The average molecular weight is 367 g/mol. The summed E-state index contributed by atoms with van der Waals surface area (Å²) in [5.74, 6) is 1.82. The van der Waals surface area contributed by atoms with Gasteiger partial charge in [0.15, 0.2) is 6.10 Å². The zero-order chi connectivity index (χ0) is 18.8. The van der Waals surface area contributed by atoms with E-state index in [9.17, 15) is 4.79 Å². The van der Waals surface area contributed by atoms with E-state index in [2.05, 4.69) is 20.7 Å². The van der Waals surface area contributed by atoms with E-state index in [0.717, 1.165) is 5.56 Å². The van der Waals surface area contributed by atoms with Gasteiger partial charge in [-0.1, -0.05) is 29.4 Å². The first-order valence-corrected chi connectivity index (χ1v) is 8.38. The molecule has 0 radical (unpaired) electrons. The highest BCUT2D eigenvalue weighted by atomic mass is 16.6. The summed E-state index contributed by atoms with van der Waals surface area (Å²) in [5, 5.41) is 14.1. The molecule has 1 aliphatic rings. The quantitative estimate of drug-likeness (QED) is 0.756. The molecule has 2 heterocycles. The topological polar surface area (TPSA) is 100 Å². The molecule has 1 aromatic heterocycles. The van der Waals surface area contributed by atoms with Gasteiger partial charge >= 0.3 is 6.09 Å². The highest BCUT2D eigenvalue weighted by Crippen LogP contribution is 2.48. The van der Waals surface area contributed by atoms with Crippen molar-refractivity contribution in [1.29, 1.82) is 0 Å². The maximum Gasteiger partial charge on any atom is 0.415 e. The van der Waals surface area contributed by atoms with Gasteiger partial charge in [0.2, 0.25) is 0 Å². The first kappa shape index (κ1) is 16.8. The zero-order valence-electron chi connectivity index (χ0n) is 14.7. The van der Waals surface area contributed by atoms with E-state index in [-0.39, 0.29) is 5.95 Å². The number of aromatic nitrogens is 4. The van der Waals surface area contributed by atoms with Crippen LogP contribution in [0.15, 0.2) is 42.5 Å². The minimum atomic E-state index is -0.706. The monoisotopic (exact) mass is 367 g/mol. The van der Waals surface area contributed by atoms with Gasteiger partial charge in [-0.05, 0) is 30.3 Å². The summed E-state index contributed by atoms with van der Waals surface area (Å²) in [7, 11) is 1.56. The Morgan fingerprint density at radius 1 is 1.22 bits per heavy atom. The van der Waals surface area contributed by atoms with E-state index in [0.29, 0.717) is 29.4 Å². The average Bonchev–Trinajstić information content (AvgIpc) is 3.14. The fraction of sp³-hybridized carbons (Fsp3) is 0.222. The van der Waals surface area contributed by atoms with Crippen LogP contribution in [0.25, 0.3) is 0 Å². The van der Waals surface area contributed by atoms with Crippen molar-refractivity contribution in [3.8, 4) is 17.2 Å². The third-order valence-electron chi connectivity index (χ3n) is 4.10. The van der Waals surface area contributed by atoms with Crippen molar-refractivity contribution in [2.45, 2.75) is 19.6 Å². The lowest BCUT2D eigenvalue weighted by molar-refractivity contribution is 0.123. The molecule has 4 rings (SSSR count). The molecule has 138 valence electrons. The predicted molar refractivity (Wildman–Crippen MR) is 94.9 cm³/mol. The molecule has 0 bridgehead atoms. The molecule has 1 unspecified atom stereocenters. The van der Waals surface area contributed by atoms with Crippen LogP contribution in [0, 0.1) is 0 Å². The SMILES string of the molecule is CCn1nnc(NC(=O)OC2c3ccccc3Oc3cccc(OC)c32)n1. The minimum absolute atomic E-state index is 0.0717. The van der Waals surface area contributed by atoms with Crippen LogP contribution in [-0.2, 0) is 11.3 Å². The summed E-state index contributed by atoms with van der Waals surface area (Å²) in [4.78, 5) is 13.8. The van der Waals surface area contributed by atoms with Gasteiger partial charge in [-0.15, -0.1) is 5.10 Å². The molecule has 0 spiro atoms. The number of hydrogen-bond acceptors (Lipinski definition) is 7. The second kappa shape index (κ2) is 6.94. The summed E-state index contributed by atoms with van der Waals surface area (Å²) >= 11 is 0. The van der Waals surface area contributed by atoms with Gasteiger partial charge in [-0.3, -0.25) is 5.32 Å². The standard InChI is InChI=1S/C18H17N5O4/c1-3-23-21-17(20-22-23)19-18(24)27-16-11-7-4-5-8-12(11)26-14-10-6-9-13(25-2)15(14)16/h4-10,16H,3H2,1-2H3,(H,19,21,24). The summed E-state index contributed by atoms with van der Waals surface area (Å²) in [6.07, 6.45) is -1.41. The van der Waals surface area contributed by atoms with E-state index in [1.54, 1.807) is 19.2 Å². The van der Waals surface area contributed by atoms with Crippen molar-refractivity contribution < 1.29 is 19.0 Å². The van der Waals surface area contributed by atoms with Gasteiger partial charge in [0, 0.05) is 5.56 Å². The predicted octanol–water partition coefficient (Wildman–Crippen LogP) is 3.15. The number of para-hydroxylation sites is 1. The Labute approximate surface area is 154 Å². The zero-order valence-corrected chi connectivity index (χ0v) is 14.7. The number of nitrogens with one attached hydrogen (secondary N) is 1. The summed E-state index contributed by atoms with van der Waals surface area (Å²) in [6, 6.07) is 12.8. The Morgan fingerprint density at radius 3 is 2.81 bits per heavy atom. The van der Waals surface area contributed by atoms with Crippen LogP contribution in [0.3, 0.4) is 0 Å². The van der Waals surface area contributed by atoms with Gasteiger partial charge in [-0.2, -0.15) is 4.80 Å². The molecule has 1 aliphatic heterocycles. The molecule has 3 aromatic rings. The van der Waals surface area contributed by atoms with E-state index < -0.39 is 12.2 Å². The van der Waals surface area contributed by atoms with Crippen LogP contribution in [0.5, 0.6) is 17.2 Å². The lowest BCUT2D eigenvalue weighted by atomic mass is 9.96. The van der Waals surface area contributed by atoms with Gasteiger partial charge in [0.05, 0.1) is 19.2 Å². The molecule has 9 heteroatoms. The normalized spacial score (nSPS) is 14.5. The van der Waals surface area contributed by atoms with Gasteiger partial charge in [-0.25, -0.2) is 4.79 Å². The number of methoxy groups -OCH3 is 1. The van der Waals surface area contributed by atoms with Gasteiger partial charge < -0.3 is 14.2 Å². The first-order valence-electron chi connectivity index (χ1n) is 8.38. The van der Waals surface area contributed by atoms with Crippen LogP contribution in [0.4, 0.5) is 10.7 Å². The number of ether oxygens (including phenoxy) is 3. The maximum atomic E-state index is 12.5. The van der Waals surface area contributed by atoms with Crippen LogP contribution in [0.1, 0.15) is 24.2 Å². The third-order valence-corrected chi connectivity index (χ3v) is 4.10. The fourth-order valence-corrected chi connectivity index (χ4v) is 2.89. The number of amides is 1. The van der Waals surface area contributed by atoms with E-state index in [1.165, 1.54) is 4.80 Å². The van der Waals surface area contributed by atoms with Crippen molar-refractivity contribution in [2.75, 3.05) is 12.4 Å². The number of carbonyl (C=O) groups excluding carboxylic acids is 1. The number of aryl methyl sites for hydroxylation is 1. The Kier molecular flexibility index (Phi) is 4.33. The highest BCUT2D eigenvalue weighted by Gasteiger charge is 2.33. The molecule has 0 fully saturated rings. The molecule has 0 saturated carbocycles. The van der Waals surface area contributed by atoms with Crippen molar-refractivity contribution in [3.05, 3.63) is 53.6 Å². The summed E-state index contributed by atoms with van der Waals surface area (Å²) < 4.78 is 17.1.